The largest absolute Gasteiger partial charge is 0.335 e. The van der Waals surface area contributed by atoms with Gasteiger partial charge in [0.15, 0.2) is 5.16 Å². The molecule has 0 aliphatic heterocycles. The Labute approximate surface area is 174 Å². The number of fused-ring (bicyclic) bond motifs is 1. The smallest absolute Gasteiger partial charge is 0.321 e. The maximum atomic E-state index is 12.9. The van der Waals surface area contributed by atoms with E-state index in [1.165, 1.54) is 18.2 Å². The predicted octanol–water partition coefficient (Wildman–Crippen LogP) is 3.62. The lowest BCUT2D eigenvalue weighted by Gasteiger charge is -2.22. The molecular formula is C21H28N4O3S. The van der Waals surface area contributed by atoms with E-state index < -0.39 is 11.9 Å². The van der Waals surface area contributed by atoms with Crippen LogP contribution in [0.2, 0.25) is 0 Å². The number of thioether (sulfide) groups is 1. The summed E-state index contributed by atoms with van der Waals surface area (Å²) in [6, 6.07) is 6.85. The van der Waals surface area contributed by atoms with Crippen molar-refractivity contribution in [2.75, 3.05) is 5.75 Å². The molecule has 1 aliphatic carbocycles. The fourth-order valence-corrected chi connectivity index (χ4v) is 4.46. The monoisotopic (exact) mass is 416 g/mol. The van der Waals surface area contributed by atoms with Crippen LogP contribution < -0.4 is 16.2 Å². The molecule has 3 amide bonds. The second kappa shape index (κ2) is 9.91. The zero-order valence-electron chi connectivity index (χ0n) is 16.9. The summed E-state index contributed by atoms with van der Waals surface area (Å²) in [5.74, 6) is -0.388. The Morgan fingerprint density at radius 2 is 1.97 bits per heavy atom. The summed E-state index contributed by atoms with van der Waals surface area (Å²) in [6.45, 7) is 3.96. The molecule has 0 spiro atoms. The van der Waals surface area contributed by atoms with E-state index >= 15 is 0 Å². The number of amides is 3. The lowest BCUT2D eigenvalue weighted by molar-refractivity contribution is -0.117. The number of nitrogens with zero attached hydrogens (tertiary/aromatic N) is 2. The van der Waals surface area contributed by atoms with Crippen LogP contribution in [0.3, 0.4) is 0 Å². The highest BCUT2D eigenvalue weighted by atomic mass is 32.2. The van der Waals surface area contributed by atoms with Crippen molar-refractivity contribution >= 4 is 34.6 Å². The van der Waals surface area contributed by atoms with Gasteiger partial charge in [0, 0.05) is 12.1 Å². The van der Waals surface area contributed by atoms with Crippen LogP contribution in [0.5, 0.6) is 0 Å². The molecule has 0 saturated heterocycles. The number of hydrogen-bond donors (Lipinski definition) is 2. The zero-order chi connectivity index (χ0) is 20.8. The number of benzene rings is 1. The van der Waals surface area contributed by atoms with Crippen molar-refractivity contribution in [1.29, 1.82) is 0 Å². The number of aromatic nitrogens is 2. The fraction of sp³-hybridized carbons (Fsp3) is 0.524. The topological polar surface area (TPSA) is 93.1 Å². The molecule has 8 heteroatoms. The van der Waals surface area contributed by atoms with Crippen LogP contribution in [0, 0.1) is 0 Å². The number of para-hydroxylation sites is 1. The van der Waals surface area contributed by atoms with Crippen LogP contribution in [-0.2, 0) is 4.79 Å². The summed E-state index contributed by atoms with van der Waals surface area (Å²) >= 11 is 1.18. The molecule has 1 saturated carbocycles. The normalized spacial score (nSPS) is 15.8. The molecule has 1 aliphatic rings. The summed E-state index contributed by atoms with van der Waals surface area (Å²) in [5.41, 5.74) is 0.498. The van der Waals surface area contributed by atoms with Crippen LogP contribution >= 0.6 is 11.8 Å². The number of urea groups is 1. The molecule has 1 aromatic heterocycles. The van der Waals surface area contributed by atoms with E-state index in [0.717, 1.165) is 32.1 Å². The minimum absolute atomic E-state index is 0.0132. The number of carbonyl (C=O) groups excluding carboxylic acids is 2. The van der Waals surface area contributed by atoms with Crippen LogP contribution in [-0.4, -0.2) is 33.3 Å². The molecule has 1 fully saturated rings. The molecule has 3 rings (SSSR count). The van der Waals surface area contributed by atoms with Gasteiger partial charge in [-0.25, -0.2) is 9.78 Å². The molecule has 2 aromatic rings. The van der Waals surface area contributed by atoms with Crippen molar-refractivity contribution < 1.29 is 9.59 Å². The van der Waals surface area contributed by atoms with E-state index in [9.17, 15) is 14.4 Å². The Morgan fingerprint density at radius 1 is 1.24 bits per heavy atom. The van der Waals surface area contributed by atoms with Crippen LogP contribution in [0.15, 0.2) is 34.2 Å². The number of imide groups is 1. The molecular weight excluding hydrogens is 388 g/mol. The summed E-state index contributed by atoms with van der Waals surface area (Å²) in [6.07, 6.45) is 6.09. The van der Waals surface area contributed by atoms with Crippen LogP contribution in [0.25, 0.3) is 10.9 Å². The highest BCUT2D eigenvalue weighted by Crippen LogP contribution is 2.22. The van der Waals surface area contributed by atoms with Crippen molar-refractivity contribution in [3.63, 3.8) is 0 Å². The third-order valence-corrected chi connectivity index (χ3v) is 6.29. The minimum atomic E-state index is -0.451. The number of hydrogen-bond acceptors (Lipinski definition) is 5. The maximum Gasteiger partial charge on any atom is 0.321 e. The molecule has 2 N–H and O–H groups in total. The summed E-state index contributed by atoms with van der Waals surface area (Å²) in [4.78, 5) is 41.9. The van der Waals surface area contributed by atoms with E-state index in [4.69, 9.17) is 0 Å². The van der Waals surface area contributed by atoms with Gasteiger partial charge in [-0.1, -0.05) is 50.1 Å². The second-order valence-corrected chi connectivity index (χ2v) is 8.43. The first kappa shape index (κ1) is 21.4. The van der Waals surface area contributed by atoms with E-state index in [-0.39, 0.29) is 23.4 Å². The Morgan fingerprint density at radius 3 is 2.69 bits per heavy atom. The molecule has 0 radical (unpaired) electrons. The molecule has 29 heavy (non-hydrogen) atoms. The van der Waals surface area contributed by atoms with Crippen molar-refractivity contribution in [3.8, 4) is 0 Å². The van der Waals surface area contributed by atoms with Gasteiger partial charge in [0.1, 0.15) is 0 Å². The quantitative estimate of drug-likeness (QED) is 0.554. The lowest BCUT2D eigenvalue weighted by atomic mass is 9.96. The van der Waals surface area contributed by atoms with Crippen molar-refractivity contribution in [3.05, 3.63) is 34.6 Å². The molecule has 1 atom stereocenters. The molecule has 0 bridgehead atoms. The average molecular weight is 417 g/mol. The predicted molar refractivity (Wildman–Crippen MR) is 115 cm³/mol. The molecule has 156 valence electrons. The van der Waals surface area contributed by atoms with Gasteiger partial charge in [0.25, 0.3) is 5.56 Å². The lowest BCUT2D eigenvalue weighted by Crippen LogP contribution is -2.45. The molecule has 1 aromatic carbocycles. The minimum Gasteiger partial charge on any atom is -0.335 e. The Bertz CT molecular complexity index is 937. The maximum absolute atomic E-state index is 12.9. The van der Waals surface area contributed by atoms with Gasteiger partial charge in [-0.05, 0) is 38.3 Å². The van der Waals surface area contributed by atoms with Gasteiger partial charge < -0.3 is 5.32 Å². The first-order valence-corrected chi connectivity index (χ1v) is 11.2. The highest BCUT2D eigenvalue weighted by molar-refractivity contribution is 7.99. The average Bonchev–Trinajstić information content (AvgIpc) is 2.72. The summed E-state index contributed by atoms with van der Waals surface area (Å²) in [7, 11) is 0. The van der Waals surface area contributed by atoms with Crippen LogP contribution in [0.4, 0.5) is 4.79 Å². The second-order valence-electron chi connectivity index (χ2n) is 7.49. The van der Waals surface area contributed by atoms with E-state index in [0.29, 0.717) is 16.1 Å². The van der Waals surface area contributed by atoms with Gasteiger partial charge in [-0.2, -0.15) is 0 Å². The van der Waals surface area contributed by atoms with Crippen molar-refractivity contribution in [1.82, 2.24) is 20.2 Å². The Kier molecular flexibility index (Phi) is 7.30. The van der Waals surface area contributed by atoms with Crippen molar-refractivity contribution in [2.24, 2.45) is 0 Å². The first-order valence-electron chi connectivity index (χ1n) is 10.2. The zero-order valence-corrected chi connectivity index (χ0v) is 17.8. The molecule has 0 unspecified atom stereocenters. The fourth-order valence-electron chi connectivity index (χ4n) is 3.56. The number of carbonyl (C=O) groups is 2. The Hall–Kier alpha value is -2.35. The molecule has 7 nitrogen and oxygen atoms in total. The van der Waals surface area contributed by atoms with Crippen molar-refractivity contribution in [2.45, 2.75) is 69.6 Å². The number of nitrogens with one attached hydrogen (secondary N) is 2. The SMILES string of the molecule is CC[C@H](C)n1c(SCC(=O)NC(=O)NC2CCCCC2)nc2ccccc2c1=O. The number of rotatable bonds is 6. The van der Waals surface area contributed by atoms with Crippen LogP contribution in [0.1, 0.15) is 58.4 Å². The van der Waals surface area contributed by atoms with Gasteiger partial charge >= 0.3 is 6.03 Å². The summed E-state index contributed by atoms with van der Waals surface area (Å²) < 4.78 is 1.64. The van der Waals surface area contributed by atoms with Gasteiger partial charge in [0.2, 0.25) is 5.91 Å². The first-order chi connectivity index (χ1) is 14.0. The van der Waals surface area contributed by atoms with Gasteiger partial charge in [-0.3, -0.25) is 19.5 Å². The van der Waals surface area contributed by atoms with Gasteiger partial charge in [0.05, 0.1) is 16.7 Å². The third kappa shape index (κ3) is 5.38. The highest BCUT2D eigenvalue weighted by Gasteiger charge is 2.19. The Balaban J connectivity index is 1.68. The third-order valence-electron chi connectivity index (χ3n) is 5.33. The molecule has 1 heterocycles. The summed E-state index contributed by atoms with van der Waals surface area (Å²) in [5, 5.41) is 6.31. The van der Waals surface area contributed by atoms with E-state index in [1.54, 1.807) is 16.7 Å². The van der Waals surface area contributed by atoms with E-state index in [1.807, 2.05) is 26.0 Å². The van der Waals surface area contributed by atoms with Gasteiger partial charge in [-0.15, -0.1) is 0 Å². The standard InChI is InChI=1S/C21H28N4O3S/c1-3-14(2)25-19(27)16-11-7-8-12-17(16)23-21(25)29-13-18(26)24-20(28)22-15-9-5-4-6-10-15/h7-8,11-12,14-15H,3-6,9-10,13H2,1-2H3,(H2,22,24,26,28)/t14-/m0/s1. The van der Waals surface area contributed by atoms with E-state index in [2.05, 4.69) is 15.6 Å².